The van der Waals surface area contributed by atoms with Crippen LogP contribution in [0.3, 0.4) is 0 Å². The summed E-state index contributed by atoms with van der Waals surface area (Å²) in [5.41, 5.74) is 0.454. The van der Waals surface area contributed by atoms with Crippen LogP contribution in [0.5, 0.6) is 0 Å². The molecule has 13 atom stereocenters. The molecule has 0 radical (unpaired) electrons. The molecule has 8 rings (SSSR count). The van der Waals surface area contributed by atoms with Gasteiger partial charge in [-0.2, -0.15) is 0 Å². The Morgan fingerprint density at radius 2 is 1.68 bits per heavy atom. The first-order valence-electron chi connectivity index (χ1n) is 19.3. The van der Waals surface area contributed by atoms with Gasteiger partial charge in [-0.1, -0.05) is 34.6 Å². The molecule has 2 saturated heterocycles. The monoisotopic (exact) mass is 654 g/mol. The van der Waals surface area contributed by atoms with Crippen LogP contribution in [0.25, 0.3) is 0 Å². The zero-order chi connectivity index (χ0) is 33.3. The van der Waals surface area contributed by atoms with Gasteiger partial charge in [-0.3, -0.25) is 9.59 Å². The fraction of sp³-hybridized carbons (Fsp3) is 0.949. The number of carbonyl (C=O) groups is 2. The summed E-state index contributed by atoms with van der Waals surface area (Å²) in [6, 6.07) is 0. The smallest absolute Gasteiger partial charge is 0.224 e. The van der Waals surface area contributed by atoms with Gasteiger partial charge in [0.05, 0.1) is 44.0 Å². The molecule has 0 aromatic rings. The third kappa shape index (κ3) is 4.58. The molecule has 0 aromatic carbocycles. The minimum Gasteiger partial charge on any atom is -0.390 e. The molecule has 8 heteroatoms. The van der Waals surface area contributed by atoms with Crippen molar-refractivity contribution in [3.05, 3.63) is 0 Å². The van der Waals surface area contributed by atoms with E-state index in [4.69, 9.17) is 14.2 Å². The van der Waals surface area contributed by atoms with Crippen LogP contribution in [-0.2, 0) is 23.8 Å². The van der Waals surface area contributed by atoms with Crippen LogP contribution >= 0.6 is 0 Å². The van der Waals surface area contributed by atoms with Crippen molar-refractivity contribution in [2.75, 3.05) is 33.8 Å². The van der Waals surface area contributed by atoms with Crippen LogP contribution in [0.2, 0.25) is 0 Å². The SMILES string of the molecule is C[C@@H]1CC(CC(=O)N(C)C)OC2[C@H]1[C@@]1(C)CC[C@@]34C[C@@]35CCC(O[C@H]3CN(C(=O)CC6CC6)CCO3)C(C)(C)[C@@H]5CCC4[C@]1(C)[C@H]2O. The van der Waals surface area contributed by atoms with Crippen LogP contribution in [0, 0.1) is 56.7 Å². The molecule has 8 nitrogen and oxygen atoms in total. The van der Waals surface area contributed by atoms with Crippen LogP contribution < -0.4 is 0 Å². The average Bonchev–Trinajstić information content (AvgIpc) is 3.94. The number of aliphatic hydroxyl groups is 1. The average molecular weight is 655 g/mol. The van der Waals surface area contributed by atoms with Gasteiger partial charge in [-0.15, -0.1) is 0 Å². The standard InChI is InChI=1S/C39H62N2O6/c1-23-18-25(20-29(42)40(6)7)46-33-32(23)36(4)14-15-39-22-38(39)13-12-28(35(2,3)26(38)10-11-27(39)37(36,5)34(33)44)47-31-21-41(16-17-45-31)30(43)19-24-8-9-24/h23-28,31-34,44H,8-22H2,1-7H3/t23-,25?,26+,27?,28?,31+,32+,33?,34+,36-,37-,38-,39+/m1/s1. The molecule has 0 aromatic heterocycles. The maximum atomic E-state index is 12.9. The molecule has 4 unspecified atom stereocenters. The summed E-state index contributed by atoms with van der Waals surface area (Å²) < 4.78 is 19.8. The van der Waals surface area contributed by atoms with Crippen molar-refractivity contribution in [2.45, 2.75) is 142 Å². The summed E-state index contributed by atoms with van der Waals surface area (Å²) in [5.74, 6) is 2.80. The van der Waals surface area contributed by atoms with Crippen LogP contribution in [-0.4, -0.2) is 91.2 Å². The van der Waals surface area contributed by atoms with Gasteiger partial charge in [0.15, 0.2) is 6.29 Å². The highest BCUT2D eigenvalue weighted by molar-refractivity contribution is 5.77. The van der Waals surface area contributed by atoms with Gasteiger partial charge in [-0.25, -0.2) is 0 Å². The first kappa shape index (κ1) is 33.0. The van der Waals surface area contributed by atoms with E-state index in [-0.39, 0.29) is 58.1 Å². The molecule has 2 spiro atoms. The Labute approximate surface area is 283 Å². The summed E-state index contributed by atoms with van der Waals surface area (Å²) in [7, 11) is 3.63. The minimum absolute atomic E-state index is 0.0180. The molecular weight excluding hydrogens is 592 g/mol. The third-order valence-corrected chi connectivity index (χ3v) is 16.6. The topological polar surface area (TPSA) is 88.5 Å². The molecule has 6 saturated carbocycles. The van der Waals surface area contributed by atoms with E-state index in [0.717, 1.165) is 25.7 Å². The Hall–Kier alpha value is -1.22. The van der Waals surface area contributed by atoms with E-state index < -0.39 is 6.10 Å². The predicted molar refractivity (Wildman–Crippen MR) is 178 cm³/mol. The third-order valence-electron chi connectivity index (χ3n) is 16.6. The molecule has 8 fully saturated rings. The fourth-order valence-corrected chi connectivity index (χ4v) is 13.9. The number of aliphatic hydroxyl groups excluding tert-OH is 1. The number of nitrogens with zero attached hydrogens (tertiary/aromatic N) is 2. The van der Waals surface area contributed by atoms with Crippen molar-refractivity contribution in [2.24, 2.45) is 56.7 Å². The highest BCUT2D eigenvalue weighted by Gasteiger charge is 2.84. The zero-order valence-electron chi connectivity index (χ0n) is 30.3. The van der Waals surface area contributed by atoms with Crippen molar-refractivity contribution < 1.29 is 28.9 Å². The molecule has 6 aliphatic carbocycles. The van der Waals surface area contributed by atoms with Gasteiger partial charge >= 0.3 is 0 Å². The predicted octanol–water partition coefficient (Wildman–Crippen LogP) is 5.65. The van der Waals surface area contributed by atoms with Crippen molar-refractivity contribution in [1.82, 2.24) is 9.80 Å². The number of amides is 2. The molecule has 1 N–H and O–H groups in total. The van der Waals surface area contributed by atoms with E-state index in [1.807, 2.05) is 19.0 Å². The van der Waals surface area contributed by atoms with E-state index in [0.29, 0.717) is 67.5 Å². The summed E-state index contributed by atoms with van der Waals surface area (Å²) in [4.78, 5) is 29.2. The lowest BCUT2D eigenvalue weighted by molar-refractivity contribution is -0.248. The Morgan fingerprint density at radius 1 is 0.957 bits per heavy atom. The van der Waals surface area contributed by atoms with E-state index in [1.165, 1.54) is 38.5 Å². The van der Waals surface area contributed by atoms with Gasteiger partial charge in [0.1, 0.15) is 0 Å². The Morgan fingerprint density at radius 3 is 2.40 bits per heavy atom. The number of rotatable bonds is 6. The number of morpholine rings is 1. The molecule has 0 bridgehead atoms. The molecule has 8 aliphatic rings. The highest BCUT2D eigenvalue weighted by Crippen LogP contribution is 2.89. The van der Waals surface area contributed by atoms with Crippen LogP contribution in [0.1, 0.15) is 112 Å². The van der Waals surface area contributed by atoms with Gasteiger partial charge in [0.2, 0.25) is 11.8 Å². The van der Waals surface area contributed by atoms with E-state index >= 15 is 0 Å². The van der Waals surface area contributed by atoms with Crippen molar-refractivity contribution in [1.29, 1.82) is 0 Å². The van der Waals surface area contributed by atoms with Gasteiger partial charge in [0.25, 0.3) is 0 Å². The molecule has 2 aliphatic heterocycles. The summed E-state index contributed by atoms with van der Waals surface area (Å²) in [6.45, 7) is 14.0. The van der Waals surface area contributed by atoms with Crippen molar-refractivity contribution >= 4 is 11.8 Å². The second kappa shape index (κ2) is 10.9. The largest absolute Gasteiger partial charge is 0.390 e. The number of fused-ring (bicyclic) bond motifs is 4. The first-order valence-corrected chi connectivity index (χ1v) is 19.3. The molecule has 2 heterocycles. The quantitative estimate of drug-likeness (QED) is 0.399. The second-order valence-corrected chi connectivity index (χ2v) is 19.0. The molecule has 2 amide bonds. The fourth-order valence-electron chi connectivity index (χ4n) is 13.9. The van der Waals surface area contributed by atoms with Gasteiger partial charge < -0.3 is 29.1 Å². The highest BCUT2D eigenvalue weighted by atomic mass is 16.7. The normalized spacial score (nSPS) is 51.1. The van der Waals surface area contributed by atoms with E-state index in [2.05, 4.69) is 34.6 Å². The molecule has 264 valence electrons. The Bertz CT molecular complexity index is 1280. The first-order chi connectivity index (χ1) is 22.2. The van der Waals surface area contributed by atoms with E-state index in [9.17, 15) is 14.7 Å². The molecule has 47 heavy (non-hydrogen) atoms. The lowest BCUT2D eigenvalue weighted by atomic mass is 9.41. The number of ether oxygens (including phenoxy) is 3. The van der Waals surface area contributed by atoms with Crippen molar-refractivity contribution in [3.8, 4) is 0 Å². The number of hydrogen-bond acceptors (Lipinski definition) is 6. The van der Waals surface area contributed by atoms with E-state index in [1.54, 1.807) is 4.90 Å². The summed E-state index contributed by atoms with van der Waals surface area (Å²) in [6.07, 6.45) is 11.6. The lowest BCUT2D eigenvalue weighted by Crippen LogP contribution is -2.60. The summed E-state index contributed by atoms with van der Waals surface area (Å²) in [5, 5.41) is 12.4. The van der Waals surface area contributed by atoms with Gasteiger partial charge in [-0.05, 0) is 115 Å². The second-order valence-electron chi connectivity index (χ2n) is 19.0. The number of carbonyl (C=O) groups excluding carboxylic acids is 2. The van der Waals surface area contributed by atoms with Gasteiger partial charge in [0, 0.05) is 32.5 Å². The van der Waals surface area contributed by atoms with Crippen LogP contribution in [0.4, 0.5) is 0 Å². The van der Waals surface area contributed by atoms with Crippen LogP contribution in [0.15, 0.2) is 0 Å². The summed E-state index contributed by atoms with van der Waals surface area (Å²) >= 11 is 0. The number of hydrogen-bond donors (Lipinski definition) is 1. The van der Waals surface area contributed by atoms with Crippen molar-refractivity contribution in [3.63, 3.8) is 0 Å². The molecular formula is C39H62N2O6. The maximum absolute atomic E-state index is 12.9. The Balaban J connectivity index is 0.995. The Kier molecular flexibility index (Phi) is 7.64. The minimum atomic E-state index is -0.504. The zero-order valence-corrected chi connectivity index (χ0v) is 30.3. The lowest BCUT2D eigenvalue weighted by Gasteiger charge is -2.64. The maximum Gasteiger partial charge on any atom is 0.224 e.